The highest BCUT2D eigenvalue weighted by Gasteiger charge is 2.26. The Hall–Kier alpha value is -0.870. The lowest BCUT2D eigenvalue weighted by atomic mass is 10.3. The molecule has 1 saturated carbocycles. The molecule has 0 unspecified atom stereocenters. The molecule has 0 bridgehead atoms. The van der Waals surface area contributed by atoms with Gasteiger partial charge < -0.3 is 14.6 Å². The summed E-state index contributed by atoms with van der Waals surface area (Å²) in [5.74, 6) is 1.65. The quantitative estimate of drug-likeness (QED) is 0.877. The van der Waals surface area contributed by atoms with Gasteiger partial charge in [-0.3, -0.25) is 0 Å². The molecule has 2 aliphatic rings. The largest absolute Gasteiger partial charge is 0.486 e. The zero-order chi connectivity index (χ0) is 11.7. The molecule has 1 N–H and O–H groups in total. The van der Waals surface area contributed by atoms with Crippen LogP contribution < -0.4 is 9.47 Å². The van der Waals surface area contributed by atoms with E-state index in [4.69, 9.17) is 9.47 Å². The zero-order valence-electron chi connectivity index (χ0n) is 9.59. The average Bonchev–Trinajstić information content (AvgIpc) is 2.75. The molecule has 1 aromatic rings. The number of thioether (sulfide) groups is 1. The SMILES string of the molecule is O[C@@H]1CCC[C@H]1Sc1ccc2c(c1)OCCO2. The van der Waals surface area contributed by atoms with Crippen molar-refractivity contribution in [2.24, 2.45) is 0 Å². The first-order valence-electron chi connectivity index (χ1n) is 6.07. The monoisotopic (exact) mass is 252 g/mol. The maximum atomic E-state index is 9.81. The average molecular weight is 252 g/mol. The van der Waals surface area contributed by atoms with E-state index < -0.39 is 0 Å². The molecule has 0 radical (unpaired) electrons. The normalized spacial score (nSPS) is 27.1. The first kappa shape index (κ1) is 11.2. The minimum Gasteiger partial charge on any atom is -0.486 e. The van der Waals surface area contributed by atoms with Crippen molar-refractivity contribution in [3.05, 3.63) is 18.2 Å². The van der Waals surface area contributed by atoms with Gasteiger partial charge in [0.2, 0.25) is 0 Å². The molecule has 1 aliphatic heterocycles. The fourth-order valence-corrected chi connectivity index (χ4v) is 3.56. The van der Waals surface area contributed by atoms with E-state index in [0.29, 0.717) is 18.5 Å². The van der Waals surface area contributed by atoms with Crippen LogP contribution in [0.25, 0.3) is 0 Å². The van der Waals surface area contributed by atoms with Crippen LogP contribution >= 0.6 is 11.8 Å². The lowest BCUT2D eigenvalue weighted by Gasteiger charge is -2.20. The lowest BCUT2D eigenvalue weighted by molar-refractivity contribution is 0.171. The number of aliphatic hydroxyl groups is 1. The Morgan fingerprint density at radius 2 is 1.94 bits per heavy atom. The molecule has 0 amide bonds. The van der Waals surface area contributed by atoms with Crippen molar-refractivity contribution >= 4 is 11.8 Å². The molecule has 2 atom stereocenters. The topological polar surface area (TPSA) is 38.7 Å². The third-order valence-corrected chi connectivity index (χ3v) is 4.60. The third kappa shape index (κ3) is 2.38. The van der Waals surface area contributed by atoms with Gasteiger partial charge in [0, 0.05) is 10.1 Å². The number of aliphatic hydroxyl groups excluding tert-OH is 1. The second-order valence-corrected chi connectivity index (χ2v) is 5.77. The van der Waals surface area contributed by atoms with Crippen molar-refractivity contribution < 1.29 is 14.6 Å². The van der Waals surface area contributed by atoms with Gasteiger partial charge in [0.15, 0.2) is 11.5 Å². The van der Waals surface area contributed by atoms with Crippen LogP contribution in [0.2, 0.25) is 0 Å². The Kier molecular flexibility index (Phi) is 3.16. The molecule has 92 valence electrons. The Bertz CT molecular complexity index is 408. The first-order chi connectivity index (χ1) is 8.33. The molecular formula is C13H16O3S. The van der Waals surface area contributed by atoms with Gasteiger partial charge in [0.25, 0.3) is 0 Å². The second kappa shape index (κ2) is 4.78. The van der Waals surface area contributed by atoms with Crippen LogP contribution in [0, 0.1) is 0 Å². The first-order valence-corrected chi connectivity index (χ1v) is 6.95. The van der Waals surface area contributed by atoms with E-state index in [-0.39, 0.29) is 6.10 Å². The zero-order valence-corrected chi connectivity index (χ0v) is 10.4. The summed E-state index contributed by atoms with van der Waals surface area (Å²) in [7, 11) is 0. The van der Waals surface area contributed by atoms with Gasteiger partial charge >= 0.3 is 0 Å². The predicted octanol–water partition coefficient (Wildman–Crippen LogP) is 2.46. The number of hydrogen-bond acceptors (Lipinski definition) is 4. The minimum absolute atomic E-state index is 0.159. The Morgan fingerprint density at radius 3 is 2.71 bits per heavy atom. The Labute approximate surface area is 105 Å². The van der Waals surface area contributed by atoms with Gasteiger partial charge in [-0.05, 0) is 37.5 Å². The molecule has 1 aromatic carbocycles. The second-order valence-electron chi connectivity index (χ2n) is 4.46. The number of benzene rings is 1. The van der Waals surface area contributed by atoms with E-state index in [1.807, 2.05) is 18.2 Å². The van der Waals surface area contributed by atoms with E-state index >= 15 is 0 Å². The van der Waals surface area contributed by atoms with Crippen molar-refractivity contribution in [2.75, 3.05) is 13.2 Å². The number of rotatable bonds is 2. The fourth-order valence-electron chi connectivity index (χ4n) is 2.32. The number of fused-ring (bicyclic) bond motifs is 1. The van der Waals surface area contributed by atoms with Crippen LogP contribution in [0.4, 0.5) is 0 Å². The van der Waals surface area contributed by atoms with Crippen molar-refractivity contribution in [2.45, 2.75) is 35.5 Å². The van der Waals surface area contributed by atoms with Gasteiger partial charge in [-0.2, -0.15) is 0 Å². The van der Waals surface area contributed by atoms with Gasteiger partial charge in [-0.15, -0.1) is 11.8 Å². The highest BCUT2D eigenvalue weighted by molar-refractivity contribution is 8.00. The third-order valence-electron chi connectivity index (χ3n) is 3.22. The number of ether oxygens (including phenoxy) is 2. The van der Waals surface area contributed by atoms with E-state index in [0.717, 1.165) is 35.7 Å². The van der Waals surface area contributed by atoms with E-state index in [2.05, 4.69) is 0 Å². The van der Waals surface area contributed by atoms with Crippen LogP contribution in [0.5, 0.6) is 11.5 Å². The molecule has 1 fully saturated rings. The molecule has 3 rings (SSSR count). The van der Waals surface area contributed by atoms with Gasteiger partial charge in [0.1, 0.15) is 13.2 Å². The molecule has 0 spiro atoms. The minimum atomic E-state index is -0.159. The molecule has 17 heavy (non-hydrogen) atoms. The van der Waals surface area contributed by atoms with Crippen LogP contribution in [0.1, 0.15) is 19.3 Å². The summed E-state index contributed by atoms with van der Waals surface area (Å²) in [6, 6.07) is 6.02. The maximum absolute atomic E-state index is 9.81. The fraction of sp³-hybridized carbons (Fsp3) is 0.538. The molecule has 0 saturated heterocycles. The van der Waals surface area contributed by atoms with Crippen molar-refractivity contribution in [3.63, 3.8) is 0 Å². The van der Waals surface area contributed by atoms with Crippen LogP contribution in [-0.4, -0.2) is 29.7 Å². The standard InChI is InChI=1S/C13H16O3S/c14-10-2-1-3-13(10)17-9-4-5-11-12(8-9)16-7-6-15-11/h4-5,8,10,13-14H,1-3,6-7H2/t10-,13-/m1/s1. The summed E-state index contributed by atoms with van der Waals surface area (Å²) in [6.45, 7) is 1.24. The summed E-state index contributed by atoms with van der Waals surface area (Å²) in [4.78, 5) is 1.15. The van der Waals surface area contributed by atoms with Crippen LogP contribution in [0.15, 0.2) is 23.1 Å². The molecule has 1 aliphatic carbocycles. The van der Waals surface area contributed by atoms with E-state index in [1.165, 1.54) is 0 Å². The van der Waals surface area contributed by atoms with Crippen LogP contribution in [-0.2, 0) is 0 Å². The summed E-state index contributed by atoms with van der Waals surface area (Å²) in [6.07, 6.45) is 3.00. The summed E-state index contributed by atoms with van der Waals surface area (Å²) < 4.78 is 11.0. The summed E-state index contributed by atoms with van der Waals surface area (Å²) >= 11 is 1.75. The maximum Gasteiger partial charge on any atom is 0.162 e. The summed E-state index contributed by atoms with van der Waals surface area (Å²) in [5.41, 5.74) is 0. The highest BCUT2D eigenvalue weighted by Crippen LogP contribution is 2.39. The van der Waals surface area contributed by atoms with E-state index in [9.17, 15) is 5.11 Å². The summed E-state index contributed by atoms with van der Waals surface area (Å²) in [5, 5.41) is 10.1. The van der Waals surface area contributed by atoms with Gasteiger partial charge in [0.05, 0.1) is 6.10 Å². The van der Waals surface area contributed by atoms with E-state index in [1.54, 1.807) is 11.8 Å². The van der Waals surface area contributed by atoms with Gasteiger partial charge in [-0.1, -0.05) is 0 Å². The molecule has 1 heterocycles. The Balaban J connectivity index is 1.75. The smallest absolute Gasteiger partial charge is 0.162 e. The van der Waals surface area contributed by atoms with Crippen molar-refractivity contribution in [1.29, 1.82) is 0 Å². The lowest BCUT2D eigenvalue weighted by Crippen LogP contribution is -2.16. The molecular weight excluding hydrogens is 236 g/mol. The molecule has 4 heteroatoms. The molecule has 0 aromatic heterocycles. The van der Waals surface area contributed by atoms with Crippen molar-refractivity contribution in [3.8, 4) is 11.5 Å². The van der Waals surface area contributed by atoms with Gasteiger partial charge in [-0.25, -0.2) is 0 Å². The number of hydrogen-bond donors (Lipinski definition) is 1. The highest BCUT2D eigenvalue weighted by atomic mass is 32.2. The predicted molar refractivity (Wildman–Crippen MR) is 66.9 cm³/mol. The molecule has 3 nitrogen and oxygen atoms in total. The Morgan fingerprint density at radius 1 is 1.12 bits per heavy atom. The van der Waals surface area contributed by atoms with Crippen LogP contribution in [0.3, 0.4) is 0 Å². The van der Waals surface area contributed by atoms with Crippen molar-refractivity contribution in [1.82, 2.24) is 0 Å².